The Labute approximate surface area is 75.5 Å². The van der Waals surface area contributed by atoms with E-state index in [2.05, 4.69) is 20.9 Å². The molecule has 3 heteroatoms. The lowest BCUT2D eigenvalue weighted by molar-refractivity contribution is 0.376. The van der Waals surface area contributed by atoms with E-state index in [0.717, 1.165) is 0 Å². The molecule has 64 valence electrons. The molecular weight excluding hydrogens is 209 g/mol. The second kappa shape index (κ2) is 5.47. The topological polar surface area (TPSA) is 12.4 Å². The summed E-state index contributed by atoms with van der Waals surface area (Å²) in [5.41, 5.74) is 0.714. The number of rotatable bonds is 3. The van der Waals surface area contributed by atoms with Gasteiger partial charge in [0.05, 0.1) is 0 Å². The minimum atomic E-state index is -1.11. The van der Waals surface area contributed by atoms with E-state index in [1.807, 2.05) is 13.0 Å². The van der Waals surface area contributed by atoms with Crippen LogP contribution >= 0.6 is 15.9 Å². The first-order valence-corrected chi connectivity index (χ1v) is 4.44. The van der Waals surface area contributed by atoms with Gasteiger partial charge in [0.1, 0.15) is 0 Å². The summed E-state index contributed by atoms with van der Waals surface area (Å²) in [7, 11) is 0. The molecule has 0 aliphatic carbocycles. The maximum absolute atomic E-state index is 12.2. The Hall–Kier alpha value is -0.180. The fourth-order valence-electron chi connectivity index (χ4n) is 0.595. The third kappa shape index (κ3) is 7.72. The highest BCUT2D eigenvalue weighted by Crippen LogP contribution is 1.99. The van der Waals surface area contributed by atoms with Gasteiger partial charge in [0.2, 0.25) is 0 Å². The minimum absolute atomic E-state index is 0.308. The molecule has 0 aliphatic heterocycles. The lowest BCUT2D eigenvalue weighted by atomic mass is 10.3. The van der Waals surface area contributed by atoms with Gasteiger partial charge in [-0.2, -0.15) is 0 Å². The van der Waals surface area contributed by atoms with Crippen LogP contribution in [0, 0.1) is 0 Å². The Balaban J connectivity index is 3.95. The molecule has 0 aliphatic rings. The normalized spacial score (nSPS) is 18.8. The van der Waals surface area contributed by atoms with Crippen LogP contribution in [0.5, 0.6) is 0 Å². The highest BCUT2D eigenvalue weighted by molar-refractivity contribution is 9.09. The summed E-state index contributed by atoms with van der Waals surface area (Å²) in [4.78, 5) is 4.00. The van der Waals surface area contributed by atoms with Crippen molar-refractivity contribution in [1.29, 1.82) is 0 Å². The van der Waals surface area contributed by atoms with Gasteiger partial charge in [0.25, 0.3) is 0 Å². The van der Waals surface area contributed by atoms with Crippen molar-refractivity contribution in [2.75, 3.05) is 0 Å². The number of hydrogen-bond acceptors (Lipinski definition) is 1. The number of nitrogens with zero attached hydrogens (tertiary/aromatic N) is 1. The predicted octanol–water partition coefficient (Wildman–Crippen LogP) is 3.10. The summed E-state index contributed by atoms with van der Waals surface area (Å²) in [5, 5.41) is 0. The molecule has 2 atom stereocenters. The summed E-state index contributed by atoms with van der Waals surface area (Å²) < 4.78 is 12.2. The molecule has 0 radical (unpaired) electrons. The highest BCUT2D eigenvalue weighted by atomic mass is 79.9. The van der Waals surface area contributed by atoms with E-state index in [0.29, 0.717) is 10.5 Å². The largest absolute Gasteiger partial charge is 0.254 e. The number of hydrogen-bond donors (Lipinski definition) is 0. The zero-order valence-electron chi connectivity index (χ0n) is 7.01. The van der Waals surface area contributed by atoms with Crippen LogP contribution in [0.4, 0.5) is 4.39 Å². The van der Waals surface area contributed by atoms with E-state index < -0.39 is 6.30 Å². The molecule has 0 spiro atoms. The van der Waals surface area contributed by atoms with Gasteiger partial charge in [-0.15, -0.1) is 0 Å². The Morgan fingerprint density at radius 2 is 2.09 bits per heavy atom. The van der Waals surface area contributed by atoms with Gasteiger partial charge >= 0.3 is 0 Å². The van der Waals surface area contributed by atoms with Crippen molar-refractivity contribution in [1.82, 2.24) is 0 Å². The number of aliphatic imine (C=N–C) groups is 1. The van der Waals surface area contributed by atoms with Gasteiger partial charge in [-0.1, -0.05) is 22.0 Å². The molecule has 0 amide bonds. The zero-order chi connectivity index (χ0) is 8.85. The van der Waals surface area contributed by atoms with E-state index in [1.165, 1.54) is 6.92 Å². The third-order valence-electron chi connectivity index (χ3n) is 0.984. The van der Waals surface area contributed by atoms with Gasteiger partial charge in [-0.25, -0.2) is 4.39 Å². The lowest BCUT2D eigenvalue weighted by Gasteiger charge is -1.95. The van der Waals surface area contributed by atoms with Crippen LogP contribution in [0.25, 0.3) is 0 Å². The Kier molecular flexibility index (Phi) is 5.38. The lowest BCUT2D eigenvalue weighted by Crippen LogP contribution is -1.94. The smallest absolute Gasteiger partial charge is 0.187 e. The van der Waals surface area contributed by atoms with Crippen molar-refractivity contribution >= 4 is 21.6 Å². The number of alkyl halides is 2. The van der Waals surface area contributed by atoms with Crippen molar-refractivity contribution in [3.8, 4) is 0 Å². The van der Waals surface area contributed by atoms with Crippen molar-refractivity contribution in [3.05, 3.63) is 12.2 Å². The van der Waals surface area contributed by atoms with E-state index >= 15 is 0 Å². The van der Waals surface area contributed by atoms with Crippen molar-refractivity contribution in [3.63, 3.8) is 0 Å². The van der Waals surface area contributed by atoms with E-state index in [-0.39, 0.29) is 0 Å². The quantitative estimate of drug-likeness (QED) is 0.395. The van der Waals surface area contributed by atoms with Gasteiger partial charge in [-0.05, 0) is 26.8 Å². The first-order valence-electron chi connectivity index (χ1n) is 3.53. The Morgan fingerprint density at radius 1 is 1.55 bits per heavy atom. The van der Waals surface area contributed by atoms with Crippen LogP contribution in [0.2, 0.25) is 0 Å². The standard InChI is InChI=1S/C8H13BrFN/c1-6(9)4-5-7(2)11-8(3)10/h4-6,8H,1-3H3/b5-4-,11-7?. The molecule has 0 saturated carbocycles. The average molecular weight is 222 g/mol. The maximum atomic E-state index is 12.2. The fourth-order valence-corrected chi connectivity index (χ4v) is 0.748. The second-order valence-corrected chi connectivity index (χ2v) is 3.83. The molecule has 0 rings (SSSR count). The maximum Gasteiger partial charge on any atom is 0.187 e. The van der Waals surface area contributed by atoms with Crippen molar-refractivity contribution in [2.45, 2.75) is 31.9 Å². The van der Waals surface area contributed by atoms with E-state index in [1.54, 1.807) is 13.0 Å². The van der Waals surface area contributed by atoms with Crippen LogP contribution in [0.1, 0.15) is 20.8 Å². The summed E-state index contributed by atoms with van der Waals surface area (Å²) in [6, 6.07) is 0. The van der Waals surface area contributed by atoms with Crippen LogP contribution in [0.3, 0.4) is 0 Å². The fraction of sp³-hybridized carbons (Fsp3) is 0.625. The zero-order valence-corrected chi connectivity index (χ0v) is 8.60. The molecule has 0 aromatic heterocycles. The Morgan fingerprint density at radius 3 is 2.45 bits per heavy atom. The molecule has 1 nitrogen and oxygen atoms in total. The molecule has 0 N–H and O–H groups in total. The molecule has 0 saturated heterocycles. The molecule has 0 aromatic rings. The molecule has 2 unspecified atom stereocenters. The summed E-state index contributed by atoms with van der Waals surface area (Å²) >= 11 is 3.33. The van der Waals surface area contributed by atoms with Crippen LogP contribution < -0.4 is 0 Å². The van der Waals surface area contributed by atoms with E-state index in [4.69, 9.17) is 0 Å². The van der Waals surface area contributed by atoms with Crippen LogP contribution in [-0.2, 0) is 0 Å². The third-order valence-corrected chi connectivity index (χ3v) is 1.29. The second-order valence-electron chi connectivity index (χ2n) is 2.38. The first kappa shape index (κ1) is 10.8. The highest BCUT2D eigenvalue weighted by Gasteiger charge is 1.92. The van der Waals surface area contributed by atoms with Crippen LogP contribution in [-0.4, -0.2) is 16.8 Å². The molecule has 0 bridgehead atoms. The van der Waals surface area contributed by atoms with Gasteiger partial charge < -0.3 is 0 Å². The SMILES string of the molecule is CC(/C=C\C(C)Br)=NC(C)F. The van der Waals surface area contributed by atoms with Crippen molar-refractivity contribution in [2.24, 2.45) is 4.99 Å². The van der Waals surface area contributed by atoms with Gasteiger partial charge in [0.15, 0.2) is 6.30 Å². The summed E-state index contributed by atoms with van der Waals surface area (Å²) in [6.07, 6.45) is 2.61. The Bertz CT molecular complexity index is 161. The number of allylic oxidation sites excluding steroid dienone is 2. The molecule has 11 heavy (non-hydrogen) atoms. The molecular formula is C8H13BrFN. The number of halogens is 2. The first-order chi connectivity index (χ1) is 5.02. The summed E-state index contributed by atoms with van der Waals surface area (Å²) in [6.45, 7) is 5.18. The van der Waals surface area contributed by atoms with Crippen LogP contribution in [0.15, 0.2) is 17.1 Å². The monoisotopic (exact) mass is 221 g/mol. The van der Waals surface area contributed by atoms with E-state index in [9.17, 15) is 4.39 Å². The molecule has 0 heterocycles. The minimum Gasteiger partial charge on any atom is -0.254 e. The molecule has 0 fully saturated rings. The molecule has 0 aromatic carbocycles. The van der Waals surface area contributed by atoms with Gasteiger partial charge in [-0.3, -0.25) is 4.99 Å². The summed E-state index contributed by atoms with van der Waals surface area (Å²) in [5.74, 6) is 0. The van der Waals surface area contributed by atoms with Crippen molar-refractivity contribution < 1.29 is 4.39 Å². The predicted molar refractivity (Wildman–Crippen MR) is 51.2 cm³/mol. The average Bonchev–Trinajstić information content (AvgIpc) is 1.82. The van der Waals surface area contributed by atoms with Gasteiger partial charge in [0, 0.05) is 10.5 Å².